The summed E-state index contributed by atoms with van der Waals surface area (Å²) in [6.45, 7) is 3.58. The van der Waals surface area contributed by atoms with E-state index < -0.39 is 5.97 Å². The number of ether oxygens (including phenoxy) is 1. The van der Waals surface area contributed by atoms with Gasteiger partial charge in [-0.1, -0.05) is 44.9 Å². The molecule has 3 rings (SSSR count). The zero-order valence-electron chi connectivity index (χ0n) is 16.4. The van der Waals surface area contributed by atoms with E-state index >= 15 is 0 Å². The fraction of sp³-hybridized carbons (Fsp3) is 0.952. The lowest BCUT2D eigenvalue weighted by atomic mass is 9.92. The summed E-state index contributed by atoms with van der Waals surface area (Å²) in [5.74, 6) is -0.695. The summed E-state index contributed by atoms with van der Waals surface area (Å²) in [6, 6.07) is 0. The number of nitrogens with zero attached hydrogens (tertiary/aromatic N) is 1. The van der Waals surface area contributed by atoms with Crippen LogP contribution in [-0.2, 0) is 9.53 Å². The maximum atomic E-state index is 11.2. The topological polar surface area (TPSA) is 61.8 Å². The first-order valence-electron chi connectivity index (χ1n) is 11.0. The van der Waals surface area contributed by atoms with Crippen molar-refractivity contribution in [3.8, 4) is 0 Å². The van der Waals surface area contributed by atoms with E-state index in [1.165, 1.54) is 57.8 Å². The number of rotatable bonds is 3. The Morgan fingerprint density at radius 2 is 1.42 bits per heavy atom. The predicted molar refractivity (Wildman–Crippen MR) is 103 cm³/mol. The second-order valence-electron chi connectivity index (χ2n) is 8.73. The Hall–Kier alpha value is -0.650. The third kappa shape index (κ3) is 5.20. The van der Waals surface area contributed by atoms with E-state index in [1.54, 1.807) is 0 Å². The molecule has 0 amide bonds. The molecule has 26 heavy (non-hydrogen) atoms. The summed E-state index contributed by atoms with van der Waals surface area (Å²) in [5, 5.41) is 12.7. The Labute approximate surface area is 158 Å². The normalized spacial score (nSPS) is 27.8. The van der Waals surface area contributed by atoms with Gasteiger partial charge in [-0.05, 0) is 51.6 Å². The summed E-state index contributed by atoms with van der Waals surface area (Å²) in [5.41, 5.74) is -0.271. The van der Waals surface area contributed by atoms with Crippen molar-refractivity contribution in [2.75, 3.05) is 26.2 Å². The molecule has 1 saturated carbocycles. The number of hydrogen-bond acceptors (Lipinski definition) is 4. The van der Waals surface area contributed by atoms with Crippen LogP contribution < -0.4 is 5.32 Å². The Kier molecular flexibility index (Phi) is 7.35. The monoisotopic (exact) mass is 366 g/mol. The van der Waals surface area contributed by atoms with E-state index in [0.717, 1.165) is 45.3 Å². The van der Waals surface area contributed by atoms with Crippen LogP contribution in [0.5, 0.6) is 0 Å². The SMILES string of the molecule is O=C(O)CCN1CC2(CCNCC2)OC12CCCCCCCCCCC2. The van der Waals surface area contributed by atoms with Gasteiger partial charge in [0.2, 0.25) is 0 Å². The molecule has 2 saturated heterocycles. The molecule has 2 heterocycles. The molecule has 3 fully saturated rings. The average molecular weight is 367 g/mol. The molecule has 0 unspecified atom stereocenters. The molecule has 2 aliphatic heterocycles. The number of piperidine rings is 1. The van der Waals surface area contributed by atoms with Crippen LogP contribution in [0.15, 0.2) is 0 Å². The van der Waals surface area contributed by atoms with Crippen molar-refractivity contribution >= 4 is 5.97 Å². The van der Waals surface area contributed by atoms with Gasteiger partial charge in [0.05, 0.1) is 12.0 Å². The Morgan fingerprint density at radius 1 is 0.885 bits per heavy atom. The Morgan fingerprint density at radius 3 is 1.96 bits per heavy atom. The molecule has 5 heteroatoms. The van der Waals surface area contributed by atoms with Crippen molar-refractivity contribution in [1.82, 2.24) is 10.2 Å². The summed E-state index contributed by atoms with van der Waals surface area (Å²) < 4.78 is 6.96. The second-order valence-corrected chi connectivity index (χ2v) is 8.73. The largest absolute Gasteiger partial charge is 0.481 e. The van der Waals surface area contributed by atoms with Crippen LogP contribution >= 0.6 is 0 Å². The van der Waals surface area contributed by atoms with Crippen molar-refractivity contribution in [1.29, 1.82) is 0 Å². The van der Waals surface area contributed by atoms with Gasteiger partial charge in [0.25, 0.3) is 0 Å². The Bertz CT molecular complexity index is 437. The molecule has 0 aromatic heterocycles. The highest BCUT2D eigenvalue weighted by Crippen LogP contribution is 2.45. The smallest absolute Gasteiger partial charge is 0.304 e. The average Bonchev–Trinajstić information content (AvgIpc) is 2.90. The summed E-state index contributed by atoms with van der Waals surface area (Å²) in [7, 11) is 0. The second kappa shape index (κ2) is 9.52. The first-order chi connectivity index (χ1) is 12.6. The van der Waals surface area contributed by atoms with E-state index in [4.69, 9.17) is 4.74 Å². The van der Waals surface area contributed by atoms with Crippen LogP contribution in [0, 0.1) is 0 Å². The molecule has 0 bridgehead atoms. The van der Waals surface area contributed by atoms with Gasteiger partial charge in [-0.15, -0.1) is 0 Å². The number of nitrogens with one attached hydrogen (secondary N) is 1. The van der Waals surface area contributed by atoms with Crippen molar-refractivity contribution < 1.29 is 14.6 Å². The summed E-state index contributed by atoms with van der Waals surface area (Å²) in [6.07, 6.45) is 16.2. The van der Waals surface area contributed by atoms with E-state index in [2.05, 4.69) is 10.2 Å². The quantitative estimate of drug-likeness (QED) is 0.793. The van der Waals surface area contributed by atoms with Gasteiger partial charge in [0, 0.05) is 13.1 Å². The highest BCUT2D eigenvalue weighted by Gasteiger charge is 2.53. The molecule has 2 N–H and O–H groups in total. The van der Waals surface area contributed by atoms with Crippen molar-refractivity contribution in [2.45, 2.75) is 101 Å². The van der Waals surface area contributed by atoms with Gasteiger partial charge >= 0.3 is 5.97 Å². The molecule has 0 atom stereocenters. The van der Waals surface area contributed by atoms with Crippen LogP contribution in [-0.4, -0.2) is 53.5 Å². The third-order valence-electron chi connectivity index (χ3n) is 6.71. The fourth-order valence-corrected chi connectivity index (χ4v) is 5.23. The van der Waals surface area contributed by atoms with Gasteiger partial charge in [-0.2, -0.15) is 0 Å². The highest BCUT2D eigenvalue weighted by atomic mass is 16.6. The molecule has 0 radical (unpaired) electrons. The Balaban J connectivity index is 1.74. The molecule has 2 spiro atoms. The zero-order chi connectivity index (χ0) is 18.3. The van der Waals surface area contributed by atoms with Crippen molar-refractivity contribution in [2.24, 2.45) is 0 Å². The lowest BCUT2D eigenvalue weighted by molar-refractivity contribution is -0.160. The summed E-state index contributed by atoms with van der Waals surface area (Å²) in [4.78, 5) is 13.7. The predicted octanol–water partition coefficient (Wildman–Crippen LogP) is 3.92. The van der Waals surface area contributed by atoms with Crippen molar-refractivity contribution in [3.05, 3.63) is 0 Å². The minimum Gasteiger partial charge on any atom is -0.481 e. The minimum atomic E-state index is -0.695. The van der Waals surface area contributed by atoms with Crippen LogP contribution in [0.2, 0.25) is 0 Å². The number of aliphatic carboxylic acids is 1. The highest BCUT2D eigenvalue weighted by molar-refractivity contribution is 5.66. The van der Waals surface area contributed by atoms with Crippen LogP contribution in [0.4, 0.5) is 0 Å². The minimum absolute atomic E-state index is 0.0547. The molecule has 150 valence electrons. The van der Waals surface area contributed by atoms with E-state index in [1.807, 2.05) is 0 Å². The summed E-state index contributed by atoms with van der Waals surface area (Å²) >= 11 is 0. The number of carbonyl (C=O) groups is 1. The number of carboxylic acids is 1. The van der Waals surface area contributed by atoms with Gasteiger partial charge < -0.3 is 15.2 Å². The molecular weight excluding hydrogens is 328 g/mol. The molecular formula is C21H38N2O3. The maximum Gasteiger partial charge on any atom is 0.304 e. The third-order valence-corrected chi connectivity index (χ3v) is 6.71. The lowest BCUT2D eigenvalue weighted by Crippen LogP contribution is -2.46. The molecule has 0 aromatic carbocycles. The van der Waals surface area contributed by atoms with Crippen LogP contribution in [0.1, 0.15) is 89.9 Å². The first kappa shape index (κ1) is 20.1. The van der Waals surface area contributed by atoms with Gasteiger partial charge in [-0.3, -0.25) is 9.69 Å². The molecule has 3 aliphatic rings. The standard InChI is InChI=1S/C21H38N2O3/c24-19(25)10-17-23-18-20(13-15-22-16-14-20)26-21(23)11-8-6-4-2-1-3-5-7-9-12-21/h22H,1-18H2,(H,24,25). The van der Waals surface area contributed by atoms with Crippen LogP contribution in [0.3, 0.4) is 0 Å². The number of hydrogen-bond donors (Lipinski definition) is 2. The van der Waals surface area contributed by atoms with Crippen molar-refractivity contribution in [3.63, 3.8) is 0 Å². The fourth-order valence-electron chi connectivity index (χ4n) is 5.23. The molecule has 1 aliphatic carbocycles. The van der Waals surface area contributed by atoms with Crippen LogP contribution in [0.25, 0.3) is 0 Å². The van der Waals surface area contributed by atoms with E-state index in [-0.39, 0.29) is 17.7 Å². The van der Waals surface area contributed by atoms with Gasteiger partial charge in [0.1, 0.15) is 5.72 Å². The van der Waals surface area contributed by atoms with Gasteiger partial charge in [-0.25, -0.2) is 0 Å². The lowest BCUT2D eigenvalue weighted by Gasteiger charge is -2.39. The van der Waals surface area contributed by atoms with E-state index in [0.29, 0.717) is 6.54 Å². The maximum absolute atomic E-state index is 11.2. The first-order valence-corrected chi connectivity index (χ1v) is 11.0. The zero-order valence-corrected chi connectivity index (χ0v) is 16.4. The molecule has 5 nitrogen and oxygen atoms in total. The number of carboxylic acid groups (broad SMARTS) is 1. The van der Waals surface area contributed by atoms with E-state index in [9.17, 15) is 9.90 Å². The van der Waals surface area contributed by atoms with Gasteiger partial charge in [0.15, 0.2) is 0 Å². The molecule has 0 aromatic rings.